The minimum Gasteiger partial charge on any atom is -0.383 e. The van der Waals surface area contributed by atoms with E-state index in [1.165, 1.54) is 40.1 Å². The van der Waals surface area contributed by atoms with E-state index < -0.39 is 43.1 Å². The number of nitrogens with two attached hydrogens (primary N) is 2. The van der Waals surface area contributed by atoms with Gasteiger partial charge in [0.15, 0.2) is 19.8 Å². The van der Waals surface area contributed by atoms with Gasteiger partial charge in [-0.3, -0.25) is 0 Å². The Morgan fingerprint density at radius 3 is 1.48 bits per heavy atom. The zero-order valence-corrected chi connectivity index (χ0v) is 39.7. The lowest BCUT2D eigenvalue weighted by molar-refractivity contribution is 0.0777. The van der Waals surface area contributed by atoms with Crippen molar-refractivity contribution in [1.29, 1.82) is 5.26 Å². The van der Waals surface area contributed by atoms with Gasteiger partial charge in [0.2, 0.25) is 0 Å². The van der Waals surface area contributed by atoms with Gasteiger partial charge in [-0.05, 0) is 117 Å². The van der Waals surface area contributed by atoms with E-state index in [0.29, 0.717) is 40.9 Å². The molecule has 0 radical (unpaired) electrons. The van der Waals surface area contributed by atoms with Gasteiger partial charge < -0.3 is 20.8 Å². The van der Waals surface area contributed by atoms with Gasteiger partial charge >= 0.3 is 12.1 Å². The highest BCUT2D eigenvalue weighted by molar-refractivity contribution is 7.98. The first-order chi connectivity index (χ1) is 27.7. The molecule has 0 fully saturated rings. The van der Waals surface area contributed by atoms with E-state index in [-0.39, 0.29) is 42.1 Å². The normalized spacial score (nSPS) is 15.1. The SMILES string of the molecule is CSc1cc(C(C)C)c(NC(=O)N=S(N)(=O)c2cnc(C(C)(C)O)s2)c(C(C)CCC(C)c2cc(C#N)cc(C(C)C)c2NC(=O)N=S(N)(=O)c2cnc(C(C)(C)O)s2)c1. The molecule has 8 N–H and O–H groups in total. The number of urea groups is 2. The van der Waals surface area contributed by atoms with Crippen LogP contribution in [0.4, 0.5) is 21.0 Å². The molecule has 60 heavy (non-hydrogen) atoms. The Labute approximate surface area is 365 Å². The van der Waals surface area contributed by atoms with Crippen LogP contribution in [0.3, 0.4) is 0 Å². The molecular formula is C40H55N9O6S5. The zero-order valence-electron chi connectivity index (χ0n) is 35.6. The quantitative estimate of drug-likeness (QED) is 0.0653. The number of rotatable bonds is 14. The summed E-state index contributed by atoms with van der Waals surface area (Å²) >= 11 is 3.39. The number of carbonyl (C=O) groups excluding carboxylic acids is 2. The van der Waals surface area contributed by atoms with E-state index in [2.05, 4.69) is 35.4 Å². The summed E-state index contributed by atoms with van der Waals surface area (Å²) in [6.45, 7) is 18.0. The van der Waals surface area contributed by atoms with E-state index in [1.807, 2.05) is 59.9 Å². The van der Waals surface area contributed by atoms with Crippen molar-refractivity contribution in [3.05, 3.63) is 74.5 Å². The lowest BCUT2D eigenvalue weighted by Gasteiger charge is -2.25. The Morgan fingerprint density at radius 2 is 1.13 bits per heavy atom. The molecule has 0 aliphatic heterocycles. The molecule has 4 atom stereocenters. The molecule has 2 heterocycles. The molecule has 326 valence electrons. The number of nitriles is 1. The second kappa shape index (κ2) is 19.1. The fraction of sp³-hybridized carbons (Fsp3) is 0.475. The van der Waals surface area contributed by atoms with Crippen LogP contribution in [0, 0.1) is 11.3 Å². The molecular weight excluding hydrogens is 863 g/mol. The molecule has 0 aliphatic rings. The molecule has 4 aromatic rings. The van der Waals surface area contributed by atoms with Crippen molar-refractivity contribution in [3.8, 4) is 6.07 Å². The number of nitrogens with one attached hydrogen (secondary N) is 2. The average molecular weight is 918 g/mol. The molecule has 4 unspecified atom stereocenters. The van der Waals surface area contributed by atoms with Crippen molar-refractivity contribution < 1.29 is 28.2 Å². The van der Waals surface area contributed by atoms with E-state index in [9.17, 15) is 33.5 Å². The number of carbonyl (C=O) groups is 2. The predicted octanol–water partition coefficient (Wildman–Crippen LogP) is 9.45. The maximum Gasteiger partial charge on any atom is 0.354 e. The molecule has 4 amide bonds. The van der Waals surface area contributed by atoms with Crippen molar-refractivity contribution in [2.24, 2.45) is 19.0 Å². The maximum absolute atomic E-state index is 13.5. The van der Waals surface area contributed by atoms with Gasteiger partial charge in [0.25, 0.3) is 0 Å². The van der Waals surface area contributed by atoms with Crippen LogP contribution in [-0.4, -0.2) is 46.9 Å². The molecule has 0 saturated heterocycles. The predicted molar refractivity (Wildman–Crippen MR) is 242 cm³/mol. The molecule has 20 heteroatoms. The molecule has 0 saturated carbocycles. The summed E-state index contributed by atoms with van der Waals surface area (Å²) in [7, 11) is -7.42. The fourth-order valence-corrected chi connectivity index (χ4v) is 10.9. The summed E-state index contributed by atoms with van der Waals surface area (Å²) in [5.41, 5.74) is 1.85. The molecule has 0 bridgehead atoms. The van der Waals surface area contributed by atoms with Gasteiger partial charge in [-0.25, -0.2) is 38.3 Å². The standard InChI is InChI=1S/C40H55N9O6S5/c1-21(2)27-14-25(18-41)15-29(33(27)46-37(50)48-59(42,54)31-19-44-35(57-31)39(7,8)52)23(5)12-13-24(6)30-17-26(56-11)16-28(22(3)4)34(30)47-38(51)49-60(43,55)32-20-45-36(58-32)40(9,10)53/h14-17,19-24,52-53H,12-13H2,1-11H3,(H3,42,46,48,50,54)(H3,43,47,49,51,55). The summed E-state index contributed by atoms with van der Waals surface area (Å²) in [5.74, 6) is -0.502. The highest BCUT2D eigenvalue weighted by atomic mass is 32.2. The molecule has 2 aromatic carbocycles. The van der Waals surface area contributed by atoms with Crippen LogP contribution in [0.5, 0.6) is 0 Å². The topological polar surface area (TPSA) is 259 Å². The largest absolute Gasteiger partial charge is 0.383 e. The van der Waals surface area contributed by atoms with Gasteiger partial charge in [0.05, 0.1) is 24.0 Å². The van der Waals surface area contributed by atoms with Gasteiger partial charge in [0.1, 0.15) is 29.6 Å². The van der Waals surface area contributed by atoms with Gasteiger partial charge in [-0.15, -0.1) is 43.2 Å². The first-order valence-electron chi connectivity index (χ1n) is 19.1. The molecule has 15 nitrogen and oxygen atoms in total. The Bertz CT molecular complexity index is 2550. The van der Waals surface area contributed by atoms with Crippen LogP contribution in [0.1, 0.15) is 144 Å². The number of anilines is 2. The third-order valence-electron chi connectivity index (χ3n) is 9.57. The van der Waals surface area contributed by atoms with Crippen molar-refractivity contribution in [1.82, 2.24) is 9.97 Å². The van der Waals surface area contributed by atoms with Gasteiger partial charge in [0, 0.05) is 16.3 Å². The Kier molecular flexibility index (Phi) is 15.6. The van der Waals surface area contributed by atoms with Crippen molar-refractivity contribution in [2.45, 2.75) is 130 Å². The fourth-order valence-electron chi connectivity index (χ4n) is 6.27. The molecule has 2 aromatic heterocycles. The summed E-state index contributed by atoms with van der Waals surface area (Å²) < 4.78 is 34.8. The smallest absolute Gasteiger partial charge is 0.354 e. The number of nitrogens with zero attached hydrogens (tertiary/aromatic N) is 5. The number of hydrogen-bond donors (Lipinski definition) is 6. The third kappa shape index (κ3) is 12.0. The number of hydrogen-bond acceptors (Lipinski definition) is 12. The van der Waals surface area contributed by atoms with Crippen LogP contribution in [0.15, 0.2) is 58.7 Å². The second-order valence-electron chi connectivity index (χ2n) is 16.3. The monoisotopic (exact) mass is 917 g/mol. The summed E-state index contributed by atoms with van der Waals surface area (Å²) in [5, 5.41) is 49.1. The lowest BCUT2D eigenvalue weighted by Crippen LogP contribution is -2.19. The minimum atomic E-state index is -3.72. The van der Waals surface area contributed by atoms with Gasteiger partial charge in [-0.1, -0.05) is 41.5 Å². The first kappa shape index (κ1) is 48.9. The summed E-state index contributed by atoms with van der Waals surface area (Å²) in [6.07, 6.45) is 5.64. The van der Waals surface area contributed by atoms with Crippen LogP contribution >= 0.6 is 34.4 Å². The van der Waals surface area contributed by atoms with Crippen molar-refractivity contribution in [2.75, 3.05) is 16.9 Å². The molecule has 0 aliphatic carbocycles. The average Bonchev–Trinajstić information content (AvgIpc) is 3.86. The highest BCUT2D eigenvalue weighted by Crippen LogP contribution is 2.41. The second-order valence-corrected chi connectivity index (χ2v) is 23.3. The van der Waals surface area contributed by atoms with Gasteiger partial charge in [-0.2, -0.15) is 5.26 Å². The van der Waals surface area contributed by atoms with E-state index >= 15 is 0 Å². The van der Waals surface area contributed by atoms with Crippen LogP contribution in [-0.2, 0) is 31.0 Å². The van der Waals surface area contributed by atoms with E-state index in [4.69, 9.17) is 10.3 Å². The summed E-state index contributed by atoms with van der Waals surface area (Å²) in [4.78, 5) is 36.2. The van der Waals surface area contributed by atoms with Crippen LogP contribution in [0.25, 0.3) is 0 Å². The van der Waals surface area contributed by atoms with Crippen LogP contribution in [0.2, 0.25) is 0 Å². The zero-order chi connectivity index (χ0) is 45.1. The van der Waals surface area contributed by atoms with E-state index in [0.717, 1.165) is 38.7 Å². The molecule has 0 spiro atoms. The first-order valence-corrected chi connectivity index (χ1v) is 25.1. The van der Waals surface area contributed by atoms with Crippen LogP contribution < -0.4 is 20.9 Å². The van der Waals surface area contributed by atoms with Crippen molar-refractivity contribution in [3.63, 3.8) is 0 Å². The minimum absolute atomic E-state index is 0.0158. The number of thiazole rings is 2. The molecule has 4 rings (SSSR count). The Morgan fingerprint density at radius 1 is 0.767 bits per heavy atom. The highest BCUT2D eigenvalue weighted by Gasteiger charge is 2.27. The number of thioether (sulfide) groups is 1. The number of aliphatic hydroxyl groups is 2. The lowest BCUT2D eigenvalue weighted by atomic mass is 9.84. The van der Waals surface area contributed by atoms with Crippen molar-refractivity contribution >= 4 is 77.7 Å². The summed E-state index contributed by atoms with van der Waals surface area (Å²) in [6, 6.07) is 7.85. The number of benzene rings is 2. The Balaban J connectivity index is 1.69. The number of aromatic nitrogens is 2. The Hall–Kier alpha value is -3.78. The maximum atomic E-state index is 13.5. The van der Waals surface area contributed by atoms with E-state index in [1.54, 1.807) is 23.9 Å². The number of amides is 4. The third-order valence-corrected chi connectivity index (χ3v) is 16.7.